The van der Waals surface area contributed by atoms with E-state index in [1.54, 1.807) is 0 Å². The van der Waals surface area contributed by atoms with Gasteiger partial charge in [0.05, 0.1) is 6.04 Å². The van der Waals surface area contributed by atoms with Crippen LogP contribution in [-0.4, -0.2) is 24.0 Å². The third kappa shape index (κ3) is 4.68. The molecular formula is C22H30N2. The average molecular weight is 322 g/mol. The van der Waals surface area contributed by atoms with Gasteiger partial charge >= 0.3 is 0 Å². The first-order valence-electron chi connectivity index (χ1n) is 9.44. The van der Waals surface area contributed by atoms with Gasteiger partial charge in [0.2, 0.25) is 0 Å². The number of nitrogens with two attached hydrogens (primary N) is 1. The molecule has 0 unspecified atom stereocenters. The topological polar surface area (TPSA) is 29.3 Å². The smallest absolute Gasteiger partial charge is 0.0601 e. The zero-order chi connectivity index (χ0) is 16.6. The molecule has 0 radical (unpaired) electrons. The summed E-state index contributed by atoms with van der Waals surface area (Å²) in [6.07, 6.45) is 8.19. The highest BCUT2D eigenvalue weighted by Crippen LogP contribution is 2.30. The van der Waals surface area contributed by atoms with Gasteiger partial charge in [-0.05, 0) is 24.0 Å². The Labute approximate surface area is 146 Å². The van der Waals surface area contributed by atoms with Crippen molar-refractivity contribution >= 4 is 0 Å². The third-order valence-electron chi connectivity index (χ3n) is 5.17. The lowest BCUT2D eigenvalue weighted by Crippen LogP contribution is -2.41. The minimum absolute atomic E-state index is 0.352. The molecule has 1 saturated carbocycles. The Morgan fingerprint density at radius 3 is 1.50 bits per heavy atom. The van der Waals surface area contributed by atoms with Crippen molar-refractivity contribution in [3.63, 3.8) is 0 Å². The monoisotopic (exact) mass is 322 g/mol. The quantitative estimate of drug-likeness (QED) is 0.883. The first-order chi connectivity index (χ1) is 11.8. The second-order valence-electron chi connectivity index (χ2n) is 7.01. The summed E-state index contributed by atoms with van der Waals surface area (Å²) in [5.74, 6) is 0. The van der Waals surface area contributed by atoms with Crippen molar-refractivity contribution in [2.24, 2.45) is 5.73 Å². The summed E-state index contributed by atoms with van der Waals surface area (Å²) in [7, 11) is 0. The molecule has 0 amide bonds. The lowest BCUT2D eigenvalue weighted by Gasteiger charge is -2.37. The number of hydrogen-bond acceptors (Lipinski definition) is 2. The first kappa shape index (κ1) is 17.2. The predicted octanol–water partition coefficient (Wildman–Crippen LogP) is 4.76. The molecule has 2 nitrogen and oxygen atoms in total. The van der Waals surface area contributed by atoms with Crippen molar-refractivity contribution in [2.75, 3.05) is 13.1 Å². The second kappa shape index (κ2) is 9.00. The molecular weight excluding hydrogens is 292 g/mol. The molecule has 128 valence electrons. The molecule has 4 rings (SSSR count). The number of nitrogens with zero attached hydrogens (tertiary/aromatic N) is 1. The fourth-order valence-corrected chi connectivity index (χ4v) is 3.31. The summed E-state index contributed by atoms with van der Waals surface area (Å²) in [6.45, 7) is 2.16. The summed E-state index contributed by atoms with van der Waals surface area (Å²) >= 11 is 0. The van der Waals surface area contributed by atoms with E-state index in [-0.39, 0.29) is 0 Å². The number of hydrogen-bond donors (Lipinski definition) is 1. The molecule has 0 aromatic heterocycles. The molecule has 24 heavy (non-hydrogen) atoms. The van der Waals surface area contributed by atoms with Gasteiger partial charge in [0.15, 0.2) is 0 Å². The summed E-state index contributed by atoms with van der Waals surface area (Å²) in [5, 5.41) is 0. The van der Waals surface area contributed by atoms with E-state index in [9.17, 15) is 0 Å². The molecule has 2 aromatic carbocycles. The van der Waals surface area contributed by atoms with E-state index in [0.717, 1.165) is 25.9 Å². The van der Waals surface area contributed by atoms with Gasteiger partial charge in [0.1, 0.15) is 0 Å². The first-order valence-corrected chi connectivity index (χ1v) is 9.44. The van der Waals surface area contributed by atoms with Gasteiger partial charge in [-0.15, -0.1) is 0 Å². The molecule has 2 fully saturated rings. The number of benzene rings is 2. The Hall–Kier alpha value is -1.64. The minimum Gasteiger partial charge on any atom is -0.328 e. The van der Waals surface area contributed by atoms with Crippen LogP contribution in [0.1, 0.15) is 55.7 Å². The van der Waals surface area contributed by atoms with Crippen LogP contribution in [0.4, 0.5) is 0 Å². The highest BCUT2D eigenvalue weighted by Gasteiger charge is 2.25. The van der Waals surface area contributed by atoms with Crippen LogP contribution in [0.2, 0.25) is 0 Å². The van der Waals surface area contributed by atoms with Crippen molar-refractivity contribution in [1.29, 1.82) is 0 Å². The molecule has 1 heterocycles. The molecule has 0 atom stereocenters. The SMILES string of the molecule is C1CCC1.NC1CCN(C(c2ccccc2)c2ccccc2)CC1. The van der Waals surface area contributed by atoms with Crippen molar-refractivity contribution in [3.8, 4) is 0 Å². The largest absolute Gasteiger partial charge is 0.328 e. The van der Waals surface area contributed by atoms with Crippen molar-refractivity contribution in [2.45, 2.75) is 50.6 Å². The van der Waals surface area contributed by atoms with Crippen LogP contribution >= 0.6 is 0 Å². The van der Waals surface area contributed by atoms with Crippen LogP contribution < -0.4 is 5.73 Å². The lowest BCUT2D eigenvalue weighted by atomic mass is 9.94. The van der Waals surface area contributed by atoms with Crippen LogP contribution in [0, 0.1) is 0 Å². The minimum atomic E-state index is 0.352. The Morgan fingerprint density at radius 2 is 1.12 bits per heavy atom. The van der Waals surface area contributed by atoms with E-state index in [4.69, 9.17) is 5.73 Å². The van der Waals surface area contributed by atoms with E-state index < -0.39 is 0 Å². The maximum atomic E-state index is 6.05. The van der Waals surface area contributed by atoms with E-state index in [1.807, 2.05) is 0 Å². The highest BCUT2D eigenvalue weighted by molar-refractivity contribution is 5.31. The third-order valence-corrected chi connectivity index (χ3v) is 5.17. The van der Waals surface area contributed by atoms with Crippen LogP contribution in [0.15, 0.2) is 60.7 Å². The molecule has 2 heteroatoms. The molecule has 0 spiro atoms. The molecule has 2 aliphatic rings. The van der Waals surface area contributed by atoms with Crippen LogP contribution in [0.5, 0.6) is 0 Å². The van der Waals surface area contributed by atoms with Crippen molar-refractivity contribution < 1.29 is 0 Å². The molecule has 2 N–H and O–H groups in total. The molecule has 1 aliphatic heterocycles. The highest BCUT2D eigenvalue weighted by atomic mass is 15.2. The van der Waals surface area contributed by atoms with E-state index in [1.165, 1.54) is 36.8 Å². The van der Waals surface area contributed by atoms with Crippen molar-refractivity contribution in [3.05, 3.63) is 71.8 Å². The number of likely N-dealkylation sites (tertiary alicyclic amines) is 1. The summed E-state index contributed by atoms with van der Waals surface area (Å²) in [5.41, 5.74) is 8.79. The van der Waals surface area contributed by atoms with E-state index >= 15 is 0 Å². The maximum Gasteiger partial charge on any atom is 0.0601 e. The van der Waals surface area contributed by atoms with Gasteiger partial charge in [0.25, 0.3) is 0 Å². The Balaban J connectivity index is 0.000000370. The fraction of sp³-hybridized carbons (Fsp3) is 0.455. The number of rotatable bonds is 3. The molecule has 1 aliphatic carbocycles. The Morgan fingerprint density at radius 1 is 0.708 bits per heavy atom. The normalized spacial score (nSPS) is 18.6. The van der Waals surface area contributed by atoms with Gasteiger partial charge in [-0.25, -0.2) is 0 Å². The average Bonchev–Trinajstić information content (AvgIpc) is 2.57. The molecule has 2 aromatic rings. The summed E-state index contributed by atoms with van der Waals surface area (Å²) in [4.78, 5) is 2.56. The Bertz CT molecular complexity index is 526. The van der Waals surface area contributed by atoms with Crippen LogP contribution in [0.3, 0.4) is 0 Å². The predicted molar refractivity (Wildman–Crippen MR) is 102 cm³/mol. The molecule has 0 bridgehead atoms. The summed E-state index contributed by atoms with van der Waals surface area (Å²) < 4.78 is 0. The van der Waals surface area contributed by atoms with Crippen LogP contribution in [0.25, 0.3) is 0 Å². The van der Waals surface area contributed by atoms with Gasteiger partial charge < -0.3 is 5.73 Å². The fourth-order valence-electron chi connectivity index (χ4n) is 3.31. The molecule has 1 saturated heterocycles. The lowest BCUT2D eigenvalue weighted by molar-refractivity contribution is 0.175. The van der Waals surface area contributed by atoms with Gasteiger partial charge in [-0.2, -0.15) is 0 Å². The van der Waals surface area contributed by atoms with Gasteiger partial charge in [0, 0.05) is 19.1 Å². The van der Waals surface area contributed by atoms with Crippen molar-refractivity contribution in [1.82, 2.24) is 4.90 Å². The van der Waals surface area contributed by atoms with Gasteiger partial charge in [-0.1, -0.05) is 86.3 Å². The van der Waals surface area contributed by atoms with Gasteiger partial charge in [-0.3, -0.25) is 4.90 Å². The summed E-state index contributed by atoms with van der Waals surface area (Å²) in [6, 6.07) is 22.3. The van der Waals surface area contributed by atoms with Crippen LogP contribution in [-0.2, 0) is 0 Å². The Kier molecular flexibility index (Phi) is 6.45. The number of piperidine rings is 1. The van der Waals surface area contributed by atoms with E-state index in [0.29, 0.717) is 12.1 Å². The zero-order valence-electron chi connectivity index (χ0n) is 14.6. The maximum absolute atomic E-state index is 6.05. The second-order valence-corrected chi connectivity index (χ2v) is 7.01. The zero-order valence-corrected chi connectivity index (χ0v) is 14.6. The standard InChI is InChI=1S/C18H22N2.C4H8/c19-17-11-13-20(14-12-17)18(15-7-3-1-4-8-15)16-9-5-2-6-10-16;1-2-4-3-1/h1-10,17-18H,11-14,19H2;1-4H2. The van der Waals surface area contributed by atoms with E-state index in [2.05, 4.69) is 65.6 Å².